The molecule has 3 aromatic rings. The Balaban J connectivity index is 1.99. The van der Waals surface area contributed by atoms with E-state index in [1.165, 1.54) is 0 Å². The topological polar surface area (TPSA) is 64.5 Å². The average molecular weight is 248 g/mol. The summed E-state index contributed by atoms with van der Waals surface area (Å²) in [4.78, 5) is 7.23. The number of hydrogen-bond donors (Lipinski definition) is 2. The average Bonchev–Trinajstić information content (AvgIpc) is 2.79. The molecule has 0 atom stereocenters. The standard InChI is InChI=1S/C15H12N4/c1-10-6-11-7-13(2-3-14(11)18-10)19-15-4-5-17-9-12(15)8-16/h2-7,9,18H,1H3,(H,17,19). The molecule has 0 spiro atoms. The van der Waals surface area contributed by atoms with E-state index in [0.29, 0.717) is 5.56 Å². The summed E-state index contributed by atoms with van der Waals surface area (Å²) in [6.07, 6.45) is 3.23. The molecule has 19 heavy (non-hydrogen) atoms. The van der Waals surface area contributed by atoms with Crippen molar-refractivity contribution >= 4 is 22.3 Å². The van der Waals surface area contributed by atoms with Crippen molar-refractivity contribution in [3.8, 4) is 6.07 Å². The SMILES string of the molecule is Cc1cc2cc(Nc3ccncc3C#N)ccc2[nH]1. The number of fused-ring (bicyclic) bond motifs is 1. The number of nitriles is 1. The van der Waals surface area contributed by atoms with Crippen LogP contribution in [-0.4, -0.2) is 9.97 Å². The van der Waals surface area contributed by atoms with Crippen LogP contribution in [0.3, 0.4) is 0 Å². The van der Waals surface area contributed by atoms with Crippen LogP contribution in [0.5, 0.6) is 0 Å². The third-order valence-electron chi connectivity index (χ3n) is 2.98. The van der Waals surface area contributed by atoms with Gasteiger partial charge in [-0.25, -0.2) is 0 Å². The van der Waals surface area contributed by atoms with Crippen molar-refractivity contribution in [2.24, 2.45) is 0 Å². The quantitative estimate of drug-likeness (QED) is 0.729. The number of rotatable bonds is 2. The molecule has 0 aliphatic heterocycles. The highest BCUT2D eigenvalue weighted by atomic mass is 14.9. The predicted molar refractivity (Wildman–Crippen MR) is 75.3 cm³/mol. The maximum Gasteiger partial charge on any atom is 0.103 e. The van der Waals surface area contributed by atoms with Crippen molar-refractivity contribution in [1.82, 2.24) is 9.97 Å². The summed E-state index contributed by atoms with van der Waals surface area (Å²) < 4.78 is 0. The van der Waals surface area contributed by atoms with E-state index in [4.69, 9.17) is 5.26 Å². The summed E-state index contributed by atoms with van der Waals surface area (Å²) in [5.74, 6) is 0. The number of aromatic amines is 1. The molecule has 0 radical (unpaired) electrons. The van der Waals surface area contributed by atoms with E-state index in [2.05, 4.69) is 33.5 Å². The van der Waals surface area contributed by atoms with Gasteiger partial charge in [0.15, 0.2) is 0 Å². The molecular weight excluding hydrogens is 236 g/mol. The lowest BCUT2D eigenvalue weighted by molar-refractivity contribution is 1.30. The van der Waals surface area contributed by atoms with Crippen LogP contribution in [0, 0.1) is 18.3 Å². The van der Waals surface area contributed by atoms with Gasteiger partial charge in [-0.15, -0.1) is 0 Å². The van der Waals surface area contributed by atoms with E-state index in [-0.39, 0.29) is 0 Å². The number of pyridine rings is 1. The lowest BCUT2D eigenvalue weighted by Crippen LogP contribution is -1.93. The van der Waals surface area contributed by atoms with Gasteiger partial charge in [-0.3, -0.25) is 4.98 Å². The van der Waals surface area contributed by atoms with Crippen LogP contribution in [0.2, 0.25) is 0 Å². The predicted octanol–water partition coefficient (Wildman–Crippen LogP) is 3.49. The zero-order valence-corrected chi connectivity index (χ0v) is 10.4. The van der Waals surface area contributed by atoms with Gasteiger partial charge in [0.25, 0.3) is 0 Å². The number of anilines is 2. The van der Waals surface area contributed by atoms with E-state index in [1.807, 2.05) is 19.1 Å². The van der Waals surface area contributed by atoms with Crippen LogP contribution in [-0.2, 0) is 0 Å². The first kappa shape index (κ1) is 11.3. The fraction of sp³-hybridized carbons (Fsp3) is 0.0667. The number of aromatic nitrogens is 2. The Morgan fingerprint density at radius 3 is 3.00 bits per heavy atom. The van der Waals surface area contributed by atoms with Crippen LogP contribution in [0.15, 0.2) is 42.7 Å². The van der Waals surface area contributed by atoms with Crippen molar-refractivity contribution in [1.29, 1.82) is 5.26 Å². The zero-order chi connectivity index (χ0) is 13.2. The Labute approximate surface area is 110 Å². The fourth-order valence-electron chi connectivity index (χ4n) is 2.10. The molecule has 0 amide bonds. The van der Waals surface area contributed by atoms with E-state index >= 15 is 0 Å². The zero-order valence-electron chi connectivity index (χ0n) is 10.4. The maximum atomic E-state index is 9.04. The molecule has 3 rings (SSSR count). The normalized spacial score (nSPS) is 10.3. The largest absolute Gasteiger partial charge is 0.359 e. The summed E-state index contributed by atoms with van der Waals surface area (Å²) in [6, 6.07) is 12.1. The van der Waals surface area contributed by atoms with E-state index < -0.39 is 0 Å². The summed E-state index contributed by atoms with van der Waals surface area (Å²) in [7, 11) is 0. The molecule has 0 saturated heterocycles. The van der Waals surface area contributed by atoms with E-state index in [0.717, 1.165) is 28.0 Å². The highest BCUT2D eigenvalue weighted by Crippen LogP contribution is 2.24. The van der Waals surface area contributed by atoms with Crippen LogP contribution in [0.25, 0.3) is 10.9 Å². The minimum Gasteiger partial charge on any atom is -0.359 e. The summed E-state index contributed by atoms with van der Waals surface area (Å²) in [5.41, 5.74) is 4.50. The molecule has 0 aliphatic rings. The van der Waals surface area contributed by atoms with Gasteiger partial charge in [0.05, 0.1) is 11.3 Å². The minimum absolute atomic E-state index is 0.535. The first-order valence-corrected chi connectivity index (χ1v) is 5.97. The number of benzene rings is 1. The first-order chi connectivity index (χ1) is 9.26. The highest BCUT2D eigenvalue weighted by molar-refractivity contribution is 5.85. The Morgan fingerprint density at radius 2 is 2.16 bits per heavy atom. The Morgan fingerprint density at radius 1 is 1.26 bits per heavy atom. The second-order valence-electron chi connectivity index (χ2n) is 4.41. The number of hydrogen-bond acceptors (Lipinski definition) is 3. The Kier molecular flexibility index (Phi) is 2.66. The van der Waals surface area contributed by atoms with Crippen molar-refractivity contribution in [3.63, 3.8) is 0 Å². The van der Waals surface area contributed by atoms with E-state index in [1.54, 1.807) is 18.5 Å². The fourth-order valence-corrected chi connectivity index (χ4v) is 2.10. The molecular formula is C15H12N4. The van der Waals surface area contributed by atoms with Crippen LogP contribution >= 0.6 is 0 Å². The van der Waals surface area contributed by atoms with Gasteiger partial charge < -0.3 is 10.3 Å². The van der Waals surface area contributed by atoms with Crippen molar-refractivity contribution in [2.75, 3.05) is 5.32 Å². The summed E-state index contributed by atoms with van der Waals surface area (Å²) in [5, 5.41) is 13.4. The van der Waals surface area contributed by atoms with Crippen LogP contribution in [0.4, 0.5) is 11.4 Å². The highest BCUT2D eigenvalue weighted by Gasteiger charge is 2.03. The van der Waals surface area contributed by atoms with Crippen LogP contribution in [0.1, 0.15) is 11.3 Å². The van der Waals surface area contributed by atoms with E-state index in [9.17, 15) is 0 Å². The monoisotopic (exact) mass is 248 g/mol. The van der Waals surface area contributed by atoms with Gasteiger partial charge >= 0.3 is 0 Å². The third-order valence-corrected chi connectivity index (χ3v) is 2.98. The van der Waals surface area contributed by atoms with Gasteiger partial charge in [0.1, 0.15) is 6.07 Å². The molecule has 2 N–H and O–H groups in total. The number of nitrogens with one attached hydrogen (secondary N) is 2. The second-order valence-corrected chi connectivity index (χ2v) is 4.41. The van der Waals surface area contributed by atoms with Crippen molar-refractivity contribution in [3.05, 3.63) is 54.0 Å². The van der Waals surface area contributed by atoms with Gasteiger partial charge in [-0.2, -0.15) is 5.26 Å². The maximum absolute atomic E-state index is 9.04. The smallest absolute Gasteiger partial charge is 0.103 e. The third kappa shape index (κ3) is 2.14. The number of H-pyrrole nitrogens is 1. The Bertz CT molecular complexity index is 780. The molecule has 0 bridgehead atoms. The summed E-state index contributed by atoms with van der Waals surface area (Å²) >= 11 is 0. The minimum atomic E-state index is 0.535. The molecule has 4 nitrogen and oxygen atoms in total. The molecule has 2 aromatic heterocycles. The van der Waals surface area contributed by atoms with Gasteiger partial charge in [-0.05, 0) is 37.3 Å². The molecule has 1 aromatic carbocycles. The van der Waals surface area contributed by atoms with Crippen molar-refractivity contribution in [2.45, 2.75) is 6.92 Å². The molecule has 92 valence electrons. The Hall–Kier alpha value is -2.80. The first-order valence-electron chi connectivity index (χ1n) is 5.97. The second kappa shape index (κ2) is 4.46. The lowest BCUT2D eigenvalue weighted by atomic mass is 10.2. The lowest BCUT2D eigenvalue weighted by Gasteiger charge is -2.07. The van der Waals surface area contributed by atoms with Crippen LogP contribution < -0.4 is 5.32 Å². The van der Waals surface area contributed by atoms with Gasteiger partial charge in [-0.1, -0.05) is 0 Å². The molecule has 4 heteroatoms. The molecule has 2 heterocycles. The van der Waals surface area contributed by atoms with Gasteiger partial charge in [0.2, 0.25) is 0 Å². The van der Waals surface area contributed by atoms with Crippen molar-refractivity contribution < 1.29 is 0 Å². The molecule has 0 unspecified atom stereocenters. The molecule has 0 saturated carbocycles. The summed E-state index contributed by atoms with van der Waals surface area (Å²) in [6.45, 7) is 2.03. The number of aryl methyl sites for hydroxylation is 1. The molecule has 0 fully saturated rings. The van der Waals surface area contributed by atoms with Gasteiger partial charge in [0, 0.05) is 34.7 Å². The number of nitrogens with zero attached hydrogens (tertiary/aromatic N) is 2. The molecule has 0 aliphatic carbocycles.